The second-order valence-electron chi connectivity index (χ2n) is 6.08. The molecular weight excluding hydrogens is 266 g/mol. The maximum atomic E-state index is 4.34. The van der Waals surface area contributed by atoms with Gasteiger partial charge in [0.1, 0.15) is 5.01 Å². The van der Waals surface area contributed by atoms with Gasteiger partial charge in [0, 0.05) is 24.9 Å². The molecule has 0 spiro atoms. The van der Waals surface area contributed by atoms with Crippen LogP contribution in [0.1, 0.15) is 43.2 Å². The topological polar surface area (TPSA) is 29.0 Å². The smallest absolute Gasteiger partial charge is 0.208 e. The lowest BCUT2D eigenvalue weighted by Crippen LogP contribution is -2.29. The second kappa shape index (κ2) is 5.17. The molecule has 0 atom stereocenters. The van der Waals surface area contributed by atoms with E-state index < -0.39 is 0 Å². The van der Waals surface area contributed by atoms with E-state index in [4.69, 9.17) is 0 Å². The Hall–Kier alpha value is -1.42. The molecule has 4 heteroatoms. The number of aromatic nitrogens is 2. The molecule has 0 saturated heterocycles. The molecule has 1 saturated carbocycles. The van der Waals surface area contributed by atoms with E-state index in [0.29, 0.717) is 11.3 Å². The molecule has 0 N–H and O–H groups in total. The molecule has 0 aliphatic heterocycles. The Morgan fingerprint density at radius 2 is 1.90 bits per heavy atom. The maximum absolute atomic E-state index is 4.34. The third-order valence-electron chi connectivity index (χ3n) is 4.03. The zero-order valence-electron chi connectivity index (χ0n) is 12.3. The van der Waals surface area contributed by atoms with Crippen molar-refractivity contribution in [3.8, 4) is 0 Å². The van der Waals surface area contributed by atoms with Gasteiger partial charge in [-0.25, -0.2) is 0 Å². The van der Waals surface area contributed by atoms with Crippen LogP contribution in [0.5, 0.6) is 0 Å². The molecule has 1 aliphatic rings. The summed E-state index contributed by atoms with van der Waals surface area (Å²) in [5.41, 5.74) is 1.79. The van der Waals surface area contributed by atoms with Crippen molar-refractivity contribution in [2.24, 2.45) is 0 Å². The van der Waals surface area contributed by atoms with Crippen LogP contribution in [0.15, 0.2) is 30.3 Å². The number of hydrogen-bond donors (Lipinski definition) is 0. The first-order valence-electron chi connectivity index (χ1n) is 7.21. The van der Waals surface area contributed by atoms with Crippen molar-refractivity contribution in [2.45, 2.75) is 38.0 Å². The minimum atomic E-state index is 0.333. The summed E-state index contributed by atoms with van der Waals surface area (Å²) in [5.74, 6) is 0.457. The van der Waals surface area contributed by atoms with E-state index in [1.807, 2.05) is 0 Å². The molecule has 0 radical (unpaired) electrons. The summed E-state index contributed by atoms with van der Waals surface area (Å²) in [4.78, 5) is 2.27. The van der Waals surface area contributed by atoms with Crippen molar-refractivity contribution in [3.63, 3.8) is 0 Å². The summed E-state index contributed by atoms with van der Waals surface area (Å²) in [6, 6.07) is 10.9. The first-order chi connectivity index (χ1) is 9.61. The van der Waals surface area contributed by atoms with Crippen LogP contribution < -0.4 is 4.90 Å². The molecule has 0 bridgehead atoms. The van der Waals surface area contributed by atoms with Crippen LogP contribution >= 0.6 is 11.3 Å². The molecule has 1 fully saturated rings. The standard InChI is InChI=1S/C16H21N3S/c1-12(2)14-17-18-15(20-14)19(3)11-16(9-10-16)13-7-5-4-6-8-13/h4-8,12H,9-11H2,1-3H3. The molecule has 1 aromatic heterocycles. The molecule has 20 heavy (non-hydrogen) atoms. The van der Waals surface area contributed by atoms with E-state index in [1.165, 1.54) is 18.4 Å². The molecule has 1 aliphatic carbocycles. The van der Waals surface area contributed by atoms with Crippen molar-refractivity contribution in [3.05, 3.63) is 40.9 Å². The fourth-order valence-electron chi connectivity index (χ4n) is 2.62. The van der Waals surface area contributed by atoms with Crippen LogP contribution in [-0.2, 0) is 5.41 Å². The van der Waals surface area contributed by atoms with E-state index in [1.54, 1.807) is 11.3 Å². The largest absolute Gasteiger partial charge is 0.349 e. The van der Waals surface area contributed by atoms with Crippen molar-refractivity contribution < 1.29 is 0 Å². The predicted molar refractivity (Wildman–Crippen MR) is 84.6 cm³/mol. The highest BCUT2D eigenvalue weighted by Gasteiger charge is 2.45. The lowest BCUT2D eigenvalue weighted by molar-refractivity contribution is 0.670. The molecule has 106 valence electrons. The van der Waals surface area contributed by atoms with E-state index in [0.717, 1.165) is 16.7 Å². The molecular formula is C16H21N3S. The Labute approximate surface area is 124 Å². The summed E-state index contributed by atoms with van der Waals surface area (Å²) in [6.07, 6.45) is 2.55. The van der Waals surface area contributed by atoms with Crippen LogP contribution in [0, 0.1) is 0 Å². The molecule has 3 rings (SSSR count). The number of anilines is 1. The van der Waals surface area contributed by atoms with Crippen LogP contribution in [0.2, 0.25) is 0 Å². The molecule has 2 aromatic rings. The Morgan fingerprint density at radius 1 is 1.20 bits per heavy atom. The van der Waals surface area contributed by atoms with Gasteiger partial charge in [-0.2, -0.15) is 0 Å². The minimum Gasteiger partial charge on any atom is -0.349 e. The molecule has 3 nitrogen and oxygen atoms in total. The van der Waals surface area contributed by atoms with Crippen molar-refractivity contribution in [1.82, 2.24) is 10.2 Å². The van der Waals surface area contributed by atoms with E-state index >= 15 is 0 Å². The van der Waals surface area contributed by atoms with Gasteiger partial charge < -0.3 is 4.90 Å². The summed E-state index contributed by atoms with van der Waals surface area (Å²) < 4.78 is 0. The quantitative estimate of drug-likeness (QED) is 0.837. The summed E-state index contributed by atoms with van der Waals surface area (Å²) in [5, 5.41) is 10.8. The van der Waals surface area contributed by atoms with Gasteiger partial charge in [0.05, 0.1) is 0 Å². The minimum absolute atomic E-state index is 0.333. The van der Waals surface area contributed by atoms with E-state index in [-0.39, 0.29) is 0 Å². The predicted octanol–water partition coefficient (Wildman–Crippen LogP) is 3.83. The van der Waals surface area contributed by atoms with E-state index in [2.05, 4.69) is 66.3 Å². The Kier molecular flexibility index (Phi) is 3.50. The average molecular weight is 287 g/mol. The third kappa shape index (κ3) is 2.57. The maximum Gasteiger partial charge on any atom is 0.208 e. The SMILES string of the molecule is CC(C)c1nnc(N(C)CC2(c3ccccc3)CC2)s1. The lowest BCUT2D eigenvalue weighted by atomic mass is 9.96. The monoisotopic (exact) mass is 287 g/mol. The van der Waals surface area contributed by atoms with Gasteiger partial charge in [-0.15, -0.1) is 10.2 Å². The van der Waals surface area contributed by atoms with Gasteiger partial charge in [-0.05, 0) is 18.4 Å². The Bertz CT molecular complexity index is 572. The third-order valence-corrected chi connectivity index (χ3v) is 5.37. The first kappa shape index (κ1) is 13.6. The van der Waals surface area contributed by atoms with Gasteiger partial charge in [0.25, 0.3) is 0 Å². The number of rotatable bonds is 5. The summed E-state index contributed by atoms with van der Waals surface area (Å²) in [6.45, 7) is 5.36. The lowest BCUT2D eigenvalue weighted by Gasteiger charge is -2.23. The number of likely N-dealkylation sites (N-methyl/N-ethyl adjacent to an activating group) is 1. The number of hydrogen-bond acceptors (Lipinski definition) is 4. The zero-order valence-corrected chi connectivity index (χ0v) is 13.2. The van der Waals surface area contributed by atoms with Crippen LogP contribution in [-0.4, -0.2) is 23.8 Å². The van der Waals surface area contributed by atoms with Crippen molar-refractivity contribution >= 4 is 16.5 Å². The molecule has 0 unspecified atom stereocenters. The van der Waals surface area contributed by atoms with Gasteiger partial charge in [0.2, 0.25) is 5.13 Å². The van der Waals surface area contributed by atoms with Crippen LogP contribution in [0.3, 0.4) is 0 Å². The fraction of sp³-hybridized carbons (Fsp3) is 0.500. The zero-order chi connectivity index (χ0) is 14.2. The van der Waals surface area contributed by atoms with E-state index in [9.17, 15) is 0 Å². The summed E-state index contributed by atoms with van der Waals surface area (Å²) >= 11 is 1.72. The summed E-state index contributed by atoms with van der Waals surface area (Å²) in [7, 11) is 2.13. The Balaban J connectivity index is 1.74. The highest BCUT2D eigenvalue weighted by atomic mass is 32.1. The normalized spacial score (nSPS) is 16.4. The number of benzene rings is 1. The molecule has 1 aromatic carbocycles. The van der Waals surface area contributed by atoms with Crippen molar-refractivity contribution in [2.75, 3.05) is 18.5 Å². The second-order valence-corrected chi connectivity index (χ2v) is 7.07. The Morgan fingerprint density at radius 3 is 2.45 bits per heavy atom. The molecule has 1 heterocycles. The highest BCUT2D eigenvalue weighted by Crippen LogP contribution is 2.49. The number of nitrogens with zero attached hydrogens (tertiary/aromatic N) is 3. The van der Waals surface area contributed by atoms with Gasteiger partial charge in [0.15, 0.2) is 0 Å². The fourth-order valence-corrected chi connectivity index (χ4v) is 3.42. The van der Waals surface area contributed by atoms with Gasteiger partial charge in [-0.1, -0.05) is 55.5 Å². The van der Waals surface area contributed by atoms with Crippen molar-refractivity contribution in [1.29, 1.82) is 0 Å². The van der Waals surface area contributed by atoms with Gasteiger partial charge in [-0.3, -0.25) is 0 Å². The van der Waals surface area contributed by atoms with Crippen LogP contribution in [0.25, 0.3) is 0 Å². The van der Waals surface area contributed by atoms with Crippen LogP contribution in [0.4, 0.5) is 5.13 Å². The highest BCUT2D eigenvalue weighted by molar-refractivity contribution is 7.15. The average Bonchev–Trinajstić information content (AvgIpc) is 3.05. The molecule has 0 amide bonds. The van der Waals surface area contributed by atoms with Gasteiger partial charge >= 0.3 is 0 Å². The first-order valence-corrected chi connectivity index (χ1v) is 8.02.